The molecule has 1 unspecified atom stereocenters. The molecule has 0 fully saturated rings. The predicted molar refractivity (Wildman–Crippen MR) is 124 cm³/mol. The van der Waals surface area contributed by atoms with E-state index in [1.807, 2.05) is 19.1 Å². The lowest BCUT2D eigenvalue weighted by Gasteiger charge is -2.19. The van der Waals surface area contributed by atoms with Crippen LogP contribution in [0.1, 0.15) is 38.5 Å². The van der Waals surface area contributed by atoms with Gasteiger partial charge in [0.15, 0.2) is 5.96 Å². The van der Waals surface area contributed by atoms with Gasteiger partial charge >= 0.3 is 0 Å². The van der Waals surface area contributed by atoms with Crippen molar-refractivity contribution in [2.24, 2.45) is 4.99 Å². The Bertz CT molecular complexity index is 703. The molecule has 2 aromatic rings. The molecule has 7 heteroatoms. The molecule has 1 aromatic heterocycles. The summed E-state index contributed by atoms with van der Waals surface area (Å²) < 4.78 is 11.0. The summed E-state index contributed by atoms with van der Waals surface area (Å²) in [6, 6.07) is 11.7. The van der Waals surface area contributed by atoms with E-state index in [0.29, 0.717) is 11.7 Å². The Morgan fingerprint density at radius 1 is 1.21 bits per heavy atom. The Balaban J connectivity index is 0.00000392. The van der Waals surface area contributed by atoms with Crippen LogP contribution in [0.15, 0.2) is 52.1 Å². The standard InChI is InChI=1S/C21H31N3O3.HI/c1-4-13-26-18-9-6-8-17(15-18)11-12-23-20(22-5-2)24-16-21(3,25)19-10-7-14-27-19;/h6-10,14-15,25H,4-5,11-13,16H2,1-3H3,(H2,22,23,24);1H. The second-order valence-electron chi connectivity index (χ2n) is 6.62. The lowest BCUT2D eigenvalue weighted by atomic mass is 10.0. The maximum atomic E-state index is 10.5. The van der Waals surface area contributed by atoms with Crippen molar-refractivity contribution in [1.82, 2.24) is 10.6 Å². The van der Waals surface area contributed by atoms with Crippen molar-refractivity contribution >= 4 is 29.9 Å². The monoisotopic (exact) mass is 501 g/mol. The van der Waals surface area contributed by atoms with E-state index < -0.39 is 5.60 Å². The third-order valence-electron chi connectivity index (χ3n) is 4.02. The van der Waals surface area contributed by atoms with Gasteiger partial charge in [-0.3, -0.25) is 0 Å². The van der Waals surface area contributed by atoms with Crippen LogP contribution >= 0.6 is 24.0 Å². The van der Waals surface area contributed by atoms with Crippen molar-refractivity contribution < 1.29 is 14.3 Å². The molecule has 0 aliphatic rings. The third kappa shape index (κ3) is 8.10. The highest BCUT2D eigenvalue weighted by Crippen LogP contribution is 2.21. The molecular weight excluding hydrogens is 469 g/mol. The van der Waals surface area contributed by atoms with Gasteiger partial charge in [0.25, 0.3) is 0 Å². The summed E-state index contributed by atoms with van der Waals surface area (Å²) in [5.74, 6) is 2.08. The average Bonchev–Trinajstić information content (AvgIpc) is 3.21. The van der Waals surface area contributed by atoms with Crippen LogP contribution in [0.5, 0.6) is 5.75 Å². The highest BCUT2D eigenvalue weighted by Gasteiger charge is 2.26. The molecule has 0 bridgehead atoms. The minimum absolute atomic E-state index is 0. The quantitative estimate of drug-likeness (QED) is 0.263. The number of nitrogens with zero attached hydrogens (tertiary/aromatic N) is 1. The van der Waals surface area contributed by atoms with Gasteiger partial charge in [-0.15, -0.1) is 24.0 Å². The molecule has 1 atom stereocenters. The molecule has 28 heavy (non-hydrogen) atoms. The van der Waals surface area contributed by atoms with Gasteiger partial charge in [-0.25, -0.2) is 4.99 Å². The Morgan fingerprint density at radius 2 is 2.04 bits per heavy atom. The van der Waals surface area contributed by atoms with Crippen LogP contribution in [0.2, 0.25) is 0 Å². The van der Waals surface area contributed by atoms with E-state index in [1.165, 1.54) is 5.56 Å². The molecule has 0 radical (unpaired) electrons. The summed E-state index contributed by atoms with van der Waals surface area (Å²) in [5.41, 5.74) is 0.0612. The number of nitrogens with one attached hydrogen (secondary N) is 2. The number of guanidine groups is 1. The first kappa shape index (κ1) is 24.3. The second-order valence-corrected chi connectivity index (χ2v) is 6.62. The van der Waals surface area contributed by atoms with Gasteiger partial charge in [0, 0.05) is 13.1 Å². The van der Waals surface area contributed by atoms with E-state index in [9.17, 15) is 5.11 Å². The fourth-order valence-corrected chi connectivity index (χ4v) is 2.57. The molecular formula is C21H32IN3O3. The maximum Gasteiger partial charge on any atom is 0.191 e. The summed E-state index contributed by atoms with van der Waals surface area (Å²) in [5, 5.41) is 17.0. The van der Waals surface area contributed by atoms with Crippen LogP contribution in [-0.4, -0.2) is 37.3 Å². The van der Waals surface area contributed by atoms with E-state index in [0.717, 1.165) is 38.3 Å². The number of ether oxygens (including phenoxy) is 1. The molecule has 0 saturated heterocycles. The van der Waals surface area contributed by atoms with Gasteiger partial charge in [-0.2, -0.15) is 0 Å². The van der Waals surface area contributed by atoms with Crippen LogP contribution in [0.3, 0.4) is 0 Å². The lowest BCUT2D eigenvalue weighted by molar-refractivity contribution is 0.0437. The van der Waals surface area contributed by atoms with Crippen LogP contribution in [0, 0.1) is 0 Å². The first-order valence-corrected chi connectivity index (χ1v) is 9.55. The molecule has 1 heterocycles. The number of furan rings is 1. The summed E-state index contributed by atoms with van der Waals surface area (Å²) in [4.78, 5) is 4.49. The minimum Gasteiger partial charge on any atom is -0.494 e. The van der Waals surface area contributed by atoms with E-state index in [1.54, 1.807) is 25.3 Å². The molecule has 0 amide bonds. The zero-order chi connectivity index (χ0) is 19.5. The molecule has 0 aliphatic heterocycles. The summed E-state index contributed by atoms with van der Waals surface area (Å²) in [7, 11) is 0. The Labute approximate surface area is 184 Å². The molecule has 1 aromatic carbocycles. The van der Waals surface area contributed by atoms with Crippen LogP contribution in [0.25, 0.3) is 0 Å². The van der Waals surface area contributed by atoms with Crippen molar-refractivity contribution in [1.29, 1.82) is 0 Å². The summed E-state index contributed by atoms with van der Waals surface area (Å²) in [6.07, 6.45) is 3.40. The van der Waals surface area contributed by atoms with Crippen LogP contribution in [0.4, 0.5) is 0 Å². The molecule has 0 spiro atoms. The molecule has 3 N–H and O–H groups in total. The SMILES string of the molecule is CCCOc1cccc(CCNC(=NCC(C)(O)c2ccco2)NCC)c1.I. The number of aliphatic imine (C=N–C) groups is 1. The van der Waals surface area contributed by atoms with Gasteiger partial charge in [-0.05, 0) is 56.5 Å². The fraction of sp³-hybridized carbons (Fsp3) is 0.476. The van der Waals surface area contributed by atoms with E-state index in [2.05, 4.69) is 34.7 Å². The number of halogens is 1. The lowest BCUT2D eigenvalue weighted by Crippen LogP contribution is -2.39. The fourth-order valence-electron chi connectivity index (χ4n) is 2.57. The number of rotatable bonds is 10. The highest BCUT2D eigenvalue weighted by atomic mass is 127. The maximum absolute atomic E-state index is 10.5. The van der Waals surface area contributed by atoms with Crippen molar-refractivity contribution in [2.45, 2.75) is 39.2 Å². The van der Waals surface area contributed by atoms with Gasteiger partial charge in [0.1, 0.15) is 17.1 Å². The van der Waals surface area contributed by atoms with Crippen molar-refractivity contribution in [3.63, 3.8) is 0 Å². The number of hydrogen-bond acceptors (Lipinski definition) is 4. The first-order chi connectivity index (χ1) is 13.0. The van der Waals surface area contributed by atoms with E-state index >= 15 is 0 Å². The Kier molecular flexibility index (Phi) is 11.0. The van der Waals surface area contributed by atoms with Gasteiger partial charge in [0.2, 0.25) is 0 Å². The zero-order valence-electron chi connectivity index (χ0n) is 16.9. The van der Waals surface area contributed by atoms with Crippen molar-refractivity contribution in [3.05, 3.63) is 54.0 Å². The van der Waals surface area contributed by atoms with Crippen LogP contribution in [-0.2, 0) is 12.0 Å². The predicted octanol–water partition coefficient (Wildman–Crippen LogP) is 3.69. The molecule has 0 saturated carbocycles. The van der Waals surface area contributed by atoms with E-state index in [4.69, 9.17) is 9.15 Å². The van der Waals surface area contributed by atoms with Gasteiger partial charge in [0.05, 0.1) is 19.4 Å². The number of benzene rings is 1. The Morgan fingerprint density at radius 3 is 2.71 bits per heavy atom. The molecule has 0 aliphatic carbocycles. The van der Waals surface area contributed by atoms with Gasteiger partial charge in [-0.1, -0.05) is 19.1 Å². The zero-order valence-corrected chi connectivity index (χ0v) is 19.2. The highest BCUT2D eigenvalue weighted by molar-refractivity contribution is 14.0. The molecule has 2 rings (SSSR count). The molecule has 156 valence electrons. The third-order valence-corrected chi connectivity index (χ3v) is 4.02. The second kappa shape index (κ2) is 12.7. The van der Waals surface area contributed by atoms with Crippen molar-refractivity contribution in [2.75, 3.05) is 26.2 Å². The summed E-state index contributed by atoms with van der Waals surface area (Å²) in [6.45, 7) is 8.21. The number of hydrogen-bond donors (Lipinski definition) is 3. The van der Waals surface area contributed by atoms with Crippen LogP contribution < -0.4 is 15.4 Å². The first-order valence-electron chi connectivity index (χ1n) is 9.55. The minimum atomic E-state index is -1.14. The topological polar surface area (TPSA) is 79.0 Å². The van der Waals surface area contributed by atoms with Gasteiger partial charge < -0.3 is 24.9 Å². The Hall–Kier alpha value is -1.74. The normalized spacial score (nSPS) is 13.4. The summed E-state index contributed by atoms with van der Waals surface area (Å²) >= 11 is 0. The van der Waals surface area contributed by atoms with Crippen molar-refractivity contribution in [3.8, 4) is 5.75 Å². The van der Waals surface area contributed by atoms with E-state index in [-0.39, 0.29) is 30.5 Å². The number of aliphatic hydroxyl groups is 1. The average molecular weight is 501 g/mol. The molecule has 6 nitrogen and oxygen atoms in total. The largest absolute Gasteiger partial charge is 0.494 e. The smallest absolute Gasteiger partial charge is 0.191 e.